The van der Waals surface area contributed by atoms with E-state index in [9.17, 15) is 0 Å². The van der Waals surface area contributed by atoms with Gasteiger partial charge in [-0.25, -0.2) is 0 Å². The Morgan fingerprint density at radius 2 is 2.00 bits per heavy atom. The smallest absolute Gasteiger partial charge is 0.0342 e. The van der Waals surface area contributed by atoms with Crippen molar-refractivity contribution in [1.82, 2.24) is 10.2 Å². The molecule has 1 saturated heterocycles. The van der Waals surface area contributed by atoms with Crippen molar-refractivity contribution in [2.75, 3.05) is 19.6 Å². The van der Waals surface area contributed by atoms with Gasteiger partial charge in [-0.3, -0.25) is 4.90 Å². The van der Waals surface area contributed by atoms with E-state index < -0.39 is 0 Å². The van der Waals surface area contributed by atoms with Crippen molar-refractivity contribution in [1.29, 1.82) is 0 Å². The van der Waals surface area contributed by atoms with Gasteiger partial charge in [-0.1, -0.05) is 18.2 Å². The first-order valence-corrected chi connectivity index (χ1v) is 4.78. The fourth-order valence-corrected chi connectivity index (χ4v) is 1.82. The van der Waals surface area contributed by atoms with Crippen LogP contribution in [0.3, 0.4) is 0 Å². The molecule has 1 rings (SSSR count). The lowest BCUT2D eigenvalue weighted by Crippen LogP contribution is -2.55. The highest BCUT2D eigenvalue weighted by molar-refractivity contribution is 6.29. The number of nitrogens with zero attached hydrogens (tertiary/aromatic N) is 1. The van der Waals surface area contributed by atoms with Gasteiger partial charge in [0, 0.05) is 36.8 Å². The van der Waals surface area contributed by atoms with Crippen molar-refractivity contribution in [3.63, 3.8) is 0 Å². The van der Waals surface area contributed by atoms with Gasteiger partial charge in [0.1, 0.15) is 0 Å². The maximum absolute atomic E-state index is 5.79. The average Bonchev–Trinajstić information content (AvgIpc) is 1.97. The third kappa shape index (κ3) is 2.47. The van der Waals surface area contributed by atoms with Crippen LogP contribution in [0.1, 0.15) is 13.8 Å². The van der Waals surface area contributed by atoms with E-state index in [0.29, 0.717) is 12.1 Å². The van der Waals surface area contributed by atoms with Gasteiger partial charge in [0.25, 0.3) is 0 Å². The minimum absolute atomic E-state index is 0.559. The van der Waals surface area contributed by atoms with Gasteiger partial charge in [-0.15, -0.1) is 0 Å². The highest BCUT2D eigenvalue weighted by atomic mass is 35.5. The number of nitrogens with one attached hydrogen (secondary N) is 1. The Morgan fingerprint density at radius 3 is 2.42 bits per heavy atom. The molecule has 0 aliphatic carbocycles. The molecule has 0 spiro atoms. The molecule has 0 aromatic heterocycles. The molecule has 3 heteroatoms. The van der Waals surface area contributed by atoms with E-state index >= 15 is 0 Å². The zero-order valence-corrected chi connectivity index (χ0v) is 8.56. The van der Waals surface area contributed by atoms with E-state index in [1.807, 2.05) is 0 Å². The van der Waals surface area contributed by atoms with Gasteiger partial charge in [-0.05, 0) is 13.8 Å². The van der Waals surface area contributed by atoms with Crippen molar-refractivity contribution >= 4 is 11.6 Å². The minimum Gasteiger partial charge on any atom is -0.314 e. The molecular formula is C9H17ClN2. The first-order chi connectivity index (χ1) is 5.61. The van der Waals surface area contributed by atoms with Crippen LogP contribution in [0.25, 0.3) is 0 Å². The normalized spacial score (nSPS) is 31.9. The summed E-state index contributed by atoms with van der Waals surface area (Å²) in [6.45, 7) is 11.1. The lowest BCUT2D eigenvalue weighted by atomic mass is 10.1. The molecule has 0 bridgehead atoms. The summed E-state index contributed by atoms with van der Waals surface area (Å²) in [4.78, 5) is 2.38. The Bertz CT molecular complexity index is 160. The molecule has 1 aliphatic heterocycles. The van der Waals surface area contributed by atoms with E-state index in [1.165, 1.54) is 0 Å². The molecule has 2 unspecified atom stereocenters. The van der Waals surface area contributed by atoms with Crippen molar-refractivity contribution in [3.05, 3.63) is 11.6 Å². The SMILES string of the molecule is C=C(Cl)CN1C(C)CNCC1C. The third-order valence-electron chi connectivity index (χ3n) is 2.37. The van der Waals surface area contributed by atoms with E-state index in [2.05, 4.69) is 30.6 Å². The van der Waals surface area contributed by atoms with Crippen molar-refractivity contribution < 1.29 is 0 Å². The largest absolute Gasteiger partial charge is 0.314 e. The number of hydrogen-bond donors (Lipinski definition) is 1. The van der Waals surface area contributed by atoms with Gasteiger partial charge in [0.05, 0.1) is 0 Å². The van der Waals surface area contributed by atoms with Crippen LogP contribution >= 0.6 is 11.6 Å². The Balaban J connectivity index is 2.50. The van der Waals surface area contributed by atoms with E-state index in [1.54, 1.807) is 0 Å². The molecule has 1 fully saturated rings. The number of rotatable bonds is 2. The zero-order chi connectivity index (χ0) is 9.14. The van der Waals surface area contributed by atoms with Gasteiger partial charge < -0.3 is 5.32 Å². The molecule has 0 amide bonds. The van der Waals surface area contributed by atoms with E-state index in [0.717, 1.165) is 24.7 Å². The second-order valence-electron chi connectivity index (χ2n) is 3.55. The fraction of sp³-hybridized carbons (Fsp3) is 0.778. The summed E-state index contributed by atoms with van der Waals surface area (Å²) in [6.07, 6.45) is 0. The highest BCUT2D eigenvalue weighted by Gasteiger charge is 2.23. The topological polar surface area (TPSA) is 15.3 Å². The van der Waals surface area contributed by atoms with Gasteiger partial charge in [-0.2, -0.15) is 0 Å². The molecule has 2 atom stereocenters. The zero-order valence-electron chi connectivity index (χ0n) is 7.81. The Kier molecular flexibility index (Phi) is 3.56. The minimum atomic E-state index is 0.559. The molecule has 2 nitrogen and oxygen atoms in total. The number of hydrogen-bond acceptors (Lipinski definition) is 2. The lowest BCUT2D eigenvalue weighted by molar-refractivity contribution is 0.132. The molecule has 12 heavy (non-hydrogen) atoms. The predicted molar refractivity (Wildman–Crippen MR) is 53.5 cm³/mol. The predicted octanol–water partition coefficient (Wildman–Crippen LogP) is 1.42. The second-order valence-corrected chi connectivity index (χ2v) is 4.08. The first kappa shape index (κ1) is 10.0. The molecular weight excluding hydrogens is 172 g/mol. The fourth-order valence-electron chi connectivity index (χ4n) is 1.68. The van der Waals surface area contributed by atoms with E-state index in [-0.39, 0.29) is 0 Å². The summed E-state index contributed by atoms with van der Waals surface area (Å²) >= 11 is 5.79. The summed E-state index contributed by atoms with van der Waals surface area (Å²) in [6, 6.07) is 1.12. The van der Waals surface area contributed by atoms with Gasteiger partial charge in [0.2, 0.25) is 0 Å². The summed E-state index contributed by atoms with van der Waals surface area (Å²) < 4.78 is 0. The number of halogens is 1. The average molecular weight is 189 g/mol. The summed E-state index contributed by atoms with van der Waals surface area (Å²) in [5.41, 5.74) is 0. The highest BCUT2D eigenvalue weighted by Crippen LogP contribution is 2.12. The molecule has 1 heterocycles. The maximum Gasteiger partial charge on any atom is 0.0342 e. The summed E-state index contributed by atoms with van der Waals surface area (Å²) in [7, 11) is 0. The van der Waals surface area contributed by atoms with Gasteiger partial charge >= 0.3 is 0 Å². The third-order valence-corrected chi connectivity index (χ3v) is 2.49. The molecule has 1 aliphatic rings. The quantitative estimate of drug-likeness (QED) is 0.706. The second kappa shape index (κ2) is 4.26. The Hall–Kier alpha value is -0.0500. The summed E-state index contributed by atoms with van der Waals surface area (Å²) in [5, 5.41) is 4.11. The van der Waals surface area contributed by atoms with Crippen molar-refractivity contribution in [2.45, 2.75) is 25.9 Å². The Morgan fingerprint density at radius 1 is 1.50 bits per heavy atom. The van der Waals surface area contributed by atoms with Gasteiger partial charge in [0.15, 0.2) is 0 Å². The van der Waals surface area contributed by atoms with E-state index in [4.69, 9.17) is 11.6 Å². The van der Waals surface area contributed by atoms with Crippen LogP contribution in [-0.2, 0) is 0 Å². The van der Waals surface area contributed by atoms with Crippen LogP contribution in [0, 0.1) is 0 Å². The summed E-state index contributed by atoms with van der Waals surface area (Å²) in [5.74, 6) is 0. The molecule has 0 aromatic carbocycles. The van der Waals surface area contributed by atoms with Crippen LogP contribution in [0.15, 0.2) is 11.6 Å². The van der Waals surface area contributed by atoms with Crippen LogP contribution in [-0.4, -0.2) is 36.6 Å². The standard InChI is InChI=1S/C9H17ClN2/c1-7(10)6-12-8(2)4-11-5-9(12)3/h8-9,11H,1,4-6H2,2-3H3. The van der Waals surface area contributed by atoms with Crippen LogP contribution < -0.4 is 5.32 Å². The van der Waals surface area contributed by atoms with Crippen LogP contribution in [0.5, 0.6) is 0 Å². The molecule has 1 N–H and O–H groups in total. The van der Waals surface area contributed by atoms with Crippen molar-refractivity contribution in [3.8, 4) is 0 Å². The van der Waals surface area contributed by atoms with Crippen LogP contribution in [0.2, 0.25) is 0 Å². The first-order valence-electron chi connectivity index (χ1n) is 4.41. The maximum atomic E-state index is 5.79. The molecule has 0 radical (unpaired) electrons. The molecule has 0 aromatic rings. The monoisotopic (exact) mass is 188 g/mol. The number of piperazine rings is 1. The Labute approximate surface area is 79.6 Å². The lowest BCUT2D eigenvalue weighted by Gasteiger charge is -2.39. The van der Waals surface area contributed by atoms with Crippen molar-refractivity contribution in [2.24, 2.45) is 0 Å². The molecule has 0 saturated carbocycles. The molecule has 70 valence electrons. The van der Waals surface area contributed by atoms with Crippen LogP contribution in [0.4, 0.5) is 0 Å².